The lowest BCUT2D eigenvalue weighted by Gasteiger charge is -2.28. The van der Waals surface area contributed by atoms with Crippen molar-refractivity contribution < 1.29 is 37.4 Å². The average Bonchev–Trinajstić information content (AvgIpc) is 3.25. The van der Waals surface area contributed by atoms with E-state index in [0.717, 1.165) is 24.5 Å². The quantitative estimate of drug-likeness (QED) is 0.0946. The standard InChI is InChI=1S/C32H42F2O6/c1-2-3-20-32(33,34)29(36)19-18-26-25(27(35)22-28(26)40-31-17-11-12-21-38-31)15-9-4-5-10-16-30(37)39-23-24-13-7-6-8-14-24/h4,6-9,13-14,18-19,25-26,28,31H,2-3,5,10-12,15-17,20-23H2,1H3/b9-4-,19-18+/t25-,26-,28-,31?/m1/s1. The van der Waals surface area contributed by atoms with Crippen molar-refractivity contribution in [3.63, 3.8) is 0 Å². The van der Waals surface area contributed by atoms with Crippen LogP contribution in [0.5, 0.6) is 0 Å². The fraction of sp³-hybridized carbons (Fsp3) is 0.594. The van der Waals surface area contributed by atoms with Crippen LogP contribution in [0, 0.1) is 11.8 Å². The number of rotatable bonds is 16. The third kappa shape index (κ3) is 10.4. The maximum atomic E-state index is 14.3. The molecule has 0 amide bonds. The monoisotopic (exact) mass is 560 g/mol. The third-order valence-corrected chi connectivity index (χ3v) is 7.40. The SMILES string of the molecule is CCCCC(F)(F)C(=O)/C=C/[C@H]1[C@H](OC2CCCCO2)CC(=O)[C@@H]1C/C=C\CCCC(=O)OCc1ccccc1. The highest BCUT2D eigenvalue weighted by molar-refractivity contribution is 5.96. The number of unbranched alkanes of at least 4 members (excludes halogenated alkanes) is 2. The molecule has 1 saturated carbocycles. The van der Waals surface area contributed by atoms with E-state index in [1.165, 1.54) is 6.08 Å². The fourth-order valence-corrected chi connectivity index (χ4v) is 5.04. The number of alkyl halides is 2. The molecule has 8 heteroatoms. The van der Waals surface area contributed by atoms with Crippen LogP contribution in [0.2, 0.25) is 0 Å². The molecule has 1 unspecified atom stereocenters. The molecule has 1 aliphatic heterocycles. The van der Waals surface area contributed by atoms with Crippen molar-refractivity contribution in [1.82, 2.24) is 0 Å². The van der Waals surface area contributed by atoms with Gasteiger partial charge in [0.15, 0.2) is 6.29 Å². The highest BCUT2D eigenvalue weighted by Crippen LogP contribution is 2.37. The first-order chi connectivity index (χ1) is 19.3. The Labute approximate surface area is 236 Å². The summed E-state index contributed by atoms with van der Waals surface area (Å²) in [6, 6.07) is 9.48. The van der Waals surface area contributed by atoms with E-state index in [1.54, 1.807) is 6.92 Å². The van der Waals surface area contributed by atoms with Gasteiger partial charge in [-0.1, -0.05) is 61.9 Å². The van der Waals surface area contributed by atoms with E-state index in [1.807, 2.05) is 42.5 Å². The largest absolute Gasteiger partial charge is 0.461 e. The van der Waals surface area contributed by atoms with Crippen molar-refractivity contribution in [3.8, 4) is 0 Å². The zero-order chi connectivity index (χ0) is 28.8. The van der Waals surface area contributed by atoms with Crippen LogP contribution < -0.4 is 0 Å². The van der Waals surface area contributed by atoms with Crippen LogP contribution in [-0.2, 0) is 35.2 Å². The van der Waals surface area contributed by atoms with Gasteiger partial charge in [0.25, 0.3) is 0 Å². The molecule has 2 fully saturated rings. The van der Waals surface area contributed by atoms with Crippen LogP contribution in [-0.4, -0.2) is 42.5 Å². The van der Waals surface area contributed by atoms with E-state index in [0.29, 0.717) is 38.7 Å². The van der Waals surface area contributed by atoms with E-state index < -0.39 is 42.4 Å². The van der Waals surface area contributed by atoms with Gasteiger partial charge in [0, 0.05) is 37.7 Å². The number of ether oxygens (including phenoxy) is 3. The minimum atomic E-state index is -3.42. The molecule has 3 rings (SSSR count). The summed E-state index contributed by atoms with van der Waals surface area (Å²) in [4.78, 5) is 37.2. The second-order valence-electron chi connectivity index (χ2n) is 10.6. The van der Waals surface area contributed by atoms with Gasteiger partial charge in [0.1, 0.15) is 12.4 Å². The van der Waals surface area contributed by atoms with Crippen LogP contribution in [0.25, 0.3) is 0 Å². The molecule has 4 atom stereocenters. The number of hydrogen-bond acceptors (Lipinski definition) is 6. The summed E-state index contributed by atoms with van der Waals surface area (Å²) in [7, 11) is 0. The van der Waals surface area contributed by atoms with Crippen molar-refractivity contribution in [3.05, 3.63) is 60.2 Å². The fourth-order valence-electron chi connectivity index (χ4n) is 5.04. The summed E-state index contributed by atoms with van der Waals surface area (Å²) in [6.45, 7) is 2.63. The Morgan fingerprint density at radius 1 is 1.12 bits per heavy atom. The predicted molar refractivity (Wildman–Crippen MR) is 148 cm³/mol. The molecular weight excluding hydrogens is 518 g/mol. The summed E-state index contributed by atoms with van der Waals surface area (Å²) in [5.74, 6) is -5.92. The lowest BCUT2D eigenvalue weighted by atomic mass is 9.90. The lowest BCUT2D eigenvalue weighted by Crippen LogP contribution is -2.31. The Kier molecular flexibility index (Phi) is 13.1. The van der Waals surface area contributed by atoms with Crippen molar-refractivity contribution in [1.29, 1.82) is 0 Å². The summed E-state index contributed by atoms with van der Waals surface area (Å²) in [5, 5.41) is 0. The predicted octanol–water partition coefficient (Wildman–Crippen LogP) is 6.91. The van der Waals surface area contributed by atoms with E-state index >= 15 is 0 Å². The van der Waals surface area contributed by atoms with Crippen molar-refractivity contribution in [2.24, 2.45) is 11.8 Å². The smallest absolute Gasteiger partial charge is 0.309 e. The molecule has 2 aliphatic rings. The maximum Gasteiger partial charge on any atom is 0.309 e. The number of allylic oxidation sites excluding steroid dienone is 3. The summed E-state index contributed by atoms with van der Waals surface area (Å²) in [5.41, 5.74) is 0.935. The highest BCUT2D eigenvalue weighted by atomic mass is 19.3. The number of benzene rings is 1. The molecule has 0 spiro atoms. The zero-order valence-corrected chi connectivity index (χ0v) is 23.4. The van der Waals surface area contributed by atoms with Crippen molar-refractivity contribution in [2.45, 2.75) is 102 Å². The topological polar surface area (TPSA) is 78.9 Å². The van der Waals surface area contributed by atoms with E-state index in [9.17, 15) is 23.2 Å². The summed E-state index contributed by atoms with van der Waals surface area (Å²) < 4.78 is 45.6. The number of carbonyl (C=O) groups is 3. The third-order valence-electron chi connectivity index (χ3n) is 7.40. The van der Waals surface area contributed by atoms with Crippen LogP contribution >= 0.6 is 0 Å². The van der Waals surface area contributed by atoms with Crippen LogP contribution in [0.4, 0.5) is 8.78 Å². The molecule has 6 nitrogen and oxygen atoms in total. The van der Waals surface area contributed by atoms with E-state index in [4.69, 9.17) is 14.2 Å². The molecule has 220 valence electrons. The first kappa shape index (κ1) is 31.8. The molecule has 1 aromatic carbocycles. The first-order valence-corrected chi connectivity index (χ1v) is 14.5. The molecular formula is C32H42F2O6. The Balaban J connectivity index is 1.53. The molecule has 0 radical (unpaired) electrons. The molecule has 1 aromatic rings. The highest BCUT2D eigenvalue weighted by Gasteiger charge is 2.43. The summed E-state index contributed by atoms with van der Waals surface area (Å²) >= 11 is 0. The van der Waals surface area contributed by atoms with Crippen LogP contribution in [0.1, 0.15) is 83.1 Å². The molecule has 0 N–H and O–H groups in total. The molecule has 0 aromatic heterocycles. The Hall–Kier alpha value is -2.71. The Bertz CT molecular complexity index is 1000. The van der Waals surface area contributed by atoms with Crippen LogP contribution in [0.15, 0.2) is 54.6 Å². The number of carbonyl (C=O) groups excluding carboxylic acids is 3. The average molecular weight is 561 g/mol. The second kappa shape index (κ2) is 16.5. The second-order valence-corrected chi connectivity index (χ2v) is 10.6. The number of ketones is 2. The minimum Gasteiger partial charge on any atom is -0.461 e. The lowest BCUT2D eigenvalue weighted by molar-refractivity contribution is -0.192. The molecule has 1 heterocycles. The molecule has 1 aliphatic carbocycles. The molecule has 1 saturated heterocycles. The van der Waals surface area contributed by atoms with Gasteiger partial charge in [-0.25, -0.2) is 0 Å². The van der Waals surface area contributed by atoms with Gasteiger partial charge >= 0.3 is 11.9 Å². The number of esters is 1. The first-order valence-electron chi connectivity index (χ1n) is 14.5. The normalized spacial score (nSPS) is 23.7. The van der Waals surface area contributed by atoms with Gasteiger partial charge in [-0.3, -0.25) is 14.4 Å². The number of Topliss-reactive ketones (excluding diaryl/α,β-unsaturated/α-hetero) is 1. The van der Waals surface area contributed by atoms with E-state index in [2.05, 4.69) is 0 Å². The number of hydrogen-bond donors (Lipinski definition) is 0. The van der Waals surface area contributed by atoms with Gasteiger partial charge in [0.05, 0.1) is 6.10 Å². The molecule has 0 bridgehead atoms. The van der Waals surface area contributed by atoms with Crippen molar-refractivity contribution in [2.75, 3.05) is 6.61 Å². The van der Waals surface area contributed by atoms with Crippen molar-refractivity contribution >= 4 is 17.5 Å². The van der Waals surface area contributed by atoms with Gasteiger partial charge in [-0.05, 0) is 56.6 Å². The van der Waals surface area contributed by atoms with E-state index in [-0.39, 0.29) is 37.6 Å². The Morgan fingerprint density at radius 3 is 2.65 bits per heavy atom. The zero-order valence-electron chi connectivity index (χ0n) is 23.4. The van der Waals surface area contributed by atoms with Crippen LogP contribution in [0.3, 0.4) is 0 Å². The summed E-state index contributed by atoms with van der Waals surface area (Å²) in [6.07, 6.45) is 10.3. The number of halogens is 2. The van der Waals surface area contributed by atoms with Gasteiger partial charge in [-0.15, -0.1) is 0 Å². The minimum absolute atomic E-state index is 0.0187. The van der Waals surface area contributed by atoms with Gasteiger partial charge in [0.2, 0.25) is 5.78 Å². The Morgan fingerprint density at radius 2 is 1.93 bits per heavy atom. The molecule has 40 heavy (non-hydrogen) atoms. The van der Waals surface area contributed by atoms with Gasteiger partial charge in [-0.2, -0.15) is 8.78 Å². The van der Waals surface area contributed by atoms with Gasteiger partial charge < -0.3 is 14.2 Å². The maximum absolute atomic E-state index is 14.3.